The summed E-state index contributed by atoms with van der Waals surface area (Å²) in [6.07, 6.45) is 5.83. The van der Waals surface area contributed by atoms with Crippen LogP contribution in [0, 0.1) is 12.3 Å². The lowest BCUT2D eigenvalue weighted by Gasteiger charge is -1.92. The molecule has 0 heterocycles. The van der Waals surface area contributed by atoms with Crippen molar-refractivity contribution in [2.24, 2.45) is 0 Å². The SMILES string of the molecule is C#C/C(F)=C\C(C)=C(/C)O. The highest BCUT2D eigenvalue weighted by molar-refractivity contribution is 5.29. The van der Waals surface area contributed by atoms with E-state index in [4.69, 9.17) is 11.5 Å². The van der Waals surface area contributed by atoms with Gasteiger partial charge >= 0.3 is 0 Å². The van der Waals surface area contributed by atoms with Gasteiger partial charge in [0.05, 0.1) is 5.76 Å². The van der Waals surface area contributed by atoms with Crippen molar-refractivity contribution in [2.45, 2.75) is 13.8 Å². The fourth-order valence-electron chi connectivity index (χ4n) is 0.336. The average molecular weight is 140 g/mol. The van der Waals surface area contributed by atoms with Crippen LogP contribution in [0.4, 0.5) is 4.39 Å². The first-order chi connectivity index (χ1) is 4.57. The van der Waals surface area contributed by atoms with Gasteiger partial charge in [0, 0.05) is 0 Å². The summed E-state index contributed by atoms with van der Waals surface area (Å²) in [4.78, 5) is 0. The Kier molecular flexibility index (Phi) is 3.27. The van der Waals surface area contributed by atoms with E-state index < -0.39 is 5.83 Å². The predicted molar refractivity (Wildman–Crippen MR) is 39.0 cm³/mol. The molecule has 54 valence electrons. The first-order valence-electron chi connectivity index (χ1n) is 2.78. The number of aliphatic hydroxyl groups excluding tert-OH is 1. The minimum absolute atomic E-state index is 0.0744. The quantitative estimate of drug-likeness (QED) is 0.336. The maximum absolute atomic E-state index is 12.2. The van der Waals surface area contributed by atoms with Crippen molar-refractivity contribution >= 4 is 0 Å². The summed E-state index contributed by atoms with van der Waals surface area (Å²) in [5.74, 6) is 1.20. The third kappa shape index (κ3) is 2.93. The zero-order valence-corrected chi connectivity index (χ0v) is 5.98. The van der Waals surface area contributed by atoms with Crippen LogP contribution in [0.25, 0.3) is 0 Å². The molecular formula is C8H9FO. The Labute approximate surface area is 59.9 Å². The number of rotatable bonds is 1. The van der Waals surface area contributed by atoms with Crippen LogP contribution >= 0.6 is 0 Å². The average Bonchev–Trinajstić information content (AvgIpc) is 1.87. The predicted octanol–water partition coefficient (Wildman–Crippen LogP) is 2.32. The zero-order chi connectivity index (χ0) is 8.15. The fourth-order valence-corrected chi connectivity index (χ4v) is 0.336. The summed E-state index contributed by atoms with van der Waals surface area (Å²) < 4.78 is 12.2. The van der Waals surface area contributed by atoms with Crippen LogP contribution in [0.2, 0.25) is 0 Å². The fraction of sp³-hybridized carbons (Fsp3) is 0.250. The van der Waals surface area contributed by atoms with Crippen molar-refractivity contribution in [1.29, 1.82) is 0 Å². The van der Waals surface area contributed by atoms with E-state index in [1.807, 2.05) is 0 Å². The highest BCUT2D eigenvalue weighted by Gasteiger charge is 1.91. The minimum atomic E-state index is -0.675. The molecule has 0 spiro atoms. The van der Waals surface area contributed by atoms with Gasteiger partial charge in [0.2, 0.25) is 0 Å². The Morgan fingerprint density at radius 2 is 2.10 bits per heavy atom. The molecule has 0 aromatic carbocycles. The van der Waals surface area contributed by atoms with Gasteiger partial charge < -0.3 is 5.11 Å². The van der Waals surface area contributed by atoms with Gasteiger partial charge in [-0.1, -0.05) is 0 Å². The molecule has 0 aliphatic carbocycles. The van der Waals surface area contributed by atoms with E-state index >= 15 is 0 Å². The second-order valence-corrected chi connectivity index (χ2v) is 1.91. The second kappa shape index (κ2) is 3.73. The monoisotopic (exact) mass is 140 g/mol. The molecule has 0 saturated heterocycles. The smallest absolute Gasteiger partial charge is 0.173 e. The molecule has 10 heavy (non-hydrogen) atoms. The van der Waals surface area contributed by atoms with Gasteiger partial charge in [-0.3, -0.25) is 0 Å². The number of aliphatic hydroxyl groups is 1. The lowest BCUT2D eigenvalue weighted by molar-refractivity contribution is 0.409. The summed E-state index contributed by atoms with van der Waals surface area (Å²) in [5.41, 5.74) is 0.440. The molecular weight excluding hydrogens is 131 g/mol. The molecule has 0 fully saturated rings. The van der Waals surface area contributed by atoms with E-state index in [2.05, 4.69) is 0 Å². The molecule has 0 aliphatic rings. The molecule has 0 atom stereocenters. The summed E-state index contributed by atoms with van der Waals surface area (Å²) in [6, 6.07) is 0. The standard InChI is InChI=1S/C8H9FO/c1-4-8(9)5-6(2)7(3)10/h1,5,10H,2-3H3/b7-6+,8-5+. The van der Waals surface area contributed by atoms with Crippen molar-refractivity contribution in [3.63, 3.8) is 0 Å². The van der Waals surface area contributed by atoms with Gasteiger partial charge in [0.25, 0.3) is 0 Å². The van der Waals surface area contributed by atoms with Crippen molar-refractivity contribution in [2.75, 3.05) is 0 Å². The number of allylic oxidation sites excluding steroid dienone is 4. The van der Waals surface area contributed by atoms with Crippen molar-refractivity contribution in [3.8, 4) is 12.3 Å². The molecule has 1 N–H and O–H groups in total. The van der Waals surface area contributed by atoms with E-state index in [1.54, 1.807) is 12.8 Å². The normalized spacial score (nSPS) is 14.0. The third-order valence-electron chi connectivity index (χ3n) is 1.05. The van der Waals surface area contributed by atoms with Crippen LogP contribution in [0.5, 0.6) is 0 Å². The second-order valence-electron chi connectivity index (χ2n) is 1.91. The summed E-state index contributed by atoms with van der Waals surface area (Å²) in [6.45, 7) is 3.04. The number of hydrogen-bond acceptors (Lipinski definition) is 1. The van der Waals surface area contributed by atoms with Gasteiger partial charge in [-0.25, -0.2) is 0 Å². The third-order valence-corrected chi connectivity index (χ3v) is 1.05. The van der Waals surface area contributed by atoms with E-state index in [0.29, 0.717) is 5.57 Å². The Morgan fingerprint density at radius 3 is 2.40 bits per heavy atom. The largest absolute Gasteiger partial charge is 0.512 e. The van der Waals surface area contributed by atoms with Crippen molar-refractivity contribution in [3.05, 3.63) is 23.2 Å². The van der Waals surface area contributed by atoms with Crippen LogP contribution in [0.15, 0.2) is 23.2 Å². The van der Waals surface area contributed by atoms with Gasteiger partial charge in [-0.05, 0) is 31.4 Å². The lowest BCUT2D eigenvalue weighted by atomic mass is 10.2. The molecule has 0 aromatic heterocycles. The van der Waals surface area contributed by atoms with Crippen LogP contribution in [0.1, 0.15) is 13.8 Å². The van der Waals surface area contributed by atoms with Crippen LogP contribution in [-0.4, -0.2) is 5.11 Å². The number of halogens is 1. The van der Waals surface area contributed by atoms with Gasteiger partial charge in [-0.15, -0.1) is 6.42 Å². The Bertz CT molecular complexity index is 214. The lowest BCUT2D eigenvalue weighted by Crippen LogP contribution is -1.78. The van der Waals surface area contributed by atoms with E-state index in [0.717, 1.165) is 6.08 Å². The van der Waals surface area contributed by atoms with Gasteiger partial charge in [-0.2, -0.15) is 4.39 Å². The van der Waals surface area contributed by atoms with Crippen LogP contribution in [0.3, 0.4) is 0 Å². The van der Waals surface area contributed by atoms with E-state index in [1.165, 1.54) is 6.92 Å². The molecule has 2 heteroatoms. The zero-order valence-electron chi connectivity index (χ0n) is 5.98. The molecule has 1 nitrogen and oxygen atoms in total. The molecule has 0 aliphatic heterocycles. The Morgan fingerprint density at radius 1 is 1.60 bits per heavy atom. The van der Waals surface area contributed by atoms with Crippen LogP contribution < -0.4 is 0 Å². The minimum Gasteiger partial charge on any atom is -0.512 e. The molecule has 0 rings (SSSR count). The maximum Gasteiger partial charge on any atom is 0.173 e. The van der Waals surface area contributed by atoms with Crippen LogP contribution in [-0.2, 0) is 0 Å². The number of hydrogen-bond donors (Lipinski definition) is 1. The summed E-state index contributed by atoms with van der Waals surface area (Å²) in [7, 11) is 0. The molecule has 0 bridgehead atoms. The Hall–Kier alpha value is -1.23. The molecule has 0 unspecified atom stereocenters. The summed E-state index contributed by atoms with van der Waals surface area (Å²) >= 11 is 0. The van der Waals surface area contributed by atoms with Crippen molar-refractivity contribution < 1.29 is 9.50 Å². The van der Waals surface area contributed by atoms with E-state index in [-0.39, 0.29) is 5.76 Å². The van der Waals surface area contributed by atoms with Crippen molar-refractivity contribution in [1.82, 2.24) is 0 Å². The maximum atomic E-state index is 12.2. The van der Waals surface area contributed by atoms with Gasteiger partial charge in [0.1, 0.15) is 0 Å². The molecule has 0 saturated carbocycles. The molecule has 0 aromatic rings. The number of terminal acetylenes is 1. The highest BCUT2D eigenvalue weighted by Crippen LogP contribution is 2.05. The van der Waals surface area contributed by atoms with E-state index in [9.17, 15) is 4.39 Å². The topological polar surface area (TPSA) is 20.2 Å². The first-order valence-corrected chi connectivity index (χ1v) is 2.78. The summed E-state index contributed by atoms with van der Waals surface area (Å²) in [5, 5.41) is 8.77. The highest BCUT2D eigenvalue weighted by atomic mass is 19.1. The van der Waals surface area contributed by atoms with Gasteiger partial charge in [0.15, 0.2) is 5.83 Å². The Balaban J connectivity index is 4.47. The molecule has 0 amide bonds. The molecule has 0 radical (unpaired) electrons. The first kappa shape index (κ1) is 8.77.